The van der Waals surface area contributed by atoms with Crippen LogP contribution in [0.1, 0.15) is 21.6 Å². The number of halogens is 1. The molecule has 1 amide bonds. The van der Waals surface area contributed by atoms with E-state index in [1.54, 1.807) is 23.4 Å². The van der Waals surface area contributed by atoms with Gasteiger partial charge in [0.1, 0.15) is 11.5 Å². The van der Waals surface area contributed by atoms with Crippen LogP contribution in [0, 0.1) is 5.82 Å². The Morgan fingerprint density at radius 3 is 2.68 bits per heavy atom. The molecule has 0 saturated heterocycles. The Balaban J connectivity index is 1.45. The van der Waals surface area contributed by atoms with Crippen LogP contribution in [0.15, 0.2) is 73.1 Å². The lowest BCUT2D eigenvalue weighted by atomic mass is 9.99. The fourth-order valence-corrected chi connectivity index (χ4v) is 3.72. The van der Waals surface area contributed by atoms with Crippen molar-refractivity contribution in [3.8, 4) is 11.1 Å². The topological polar surface area (TPSA) is 46.1 Å². The molecule has 3 heterocycles. The maximum absolute atomic E-state index is 14.9. The molecule has 4 aromatic rings. The van der Waals surface area contributed by atoms with E-state index in [0.29, 0.717) is 17.8 Å². The number of aromatic nitrogens is 2. The fourth-order valence-electron chi connectivity index (χ4n) is 3.72. The van der Waals surface area contributed by atoms with Crippen molar-refractivity contribution >= 4 is 16.8 Å². The third-order valence-electron chi connectivity index (χ3n) is 5.11. The molecule has 0 unspecified atom stereocenters. The van der Waals surface area contributed by atoms with Gasteiger partial charge in [-0.2, -0.15) is 0 Å². The minimum absolute atomic E-state index is 0.154. The average molecular weight is 369 g/mol. The second-order valence-corrected chi connectivity index (χ2v) is 6.85. The molecule has 0 saturated carbocycles. The molecule has 0 N–H and O–H groups in total. The highest BCUT2D eigenvalue weighted by atomic mass is 19.1. The average Bonchev–Trinajstić information content (AvgIpc) is 3.05. The summed E-state index contributed by atoms with van der Waals surface area (Å²) in [4.78, 5) is 22.6. The van der Waals surface area contributed by atoms with Gasteiger partial charge in [-0.1, -0.05) is 36.4 Å². The quantitative estimate of drug-likeness (QED) is 0.531. The lowest BCUT2D eigenvalue weighted by Crippen LogP contribution is -2.24. The third-order valence-corrected chi connectivity index (χ3v) is 5.11. The molecule has 0 aliphatic carbocycles. The van der Waals surface area contributed by atoms with E-state index in [-0.39, 0.29) is 18.3 Å². The molecular formula is C23H16FN3O. The molecule has 5 heteroatoms. The van der Waals surface area contributed by atoms with E-state index in [1.165, 1.54) is 6.07 Å². The Morgan fingerprint density at radius 2 is 1.82 bits per heavy atom. The van der Waals surface area contributed by atoms with Gasteiger partial charge in [-0.3, -0.25) is 14.8 Å². The summed E-state index contributed by atoms with van der Waals surface area (Å²) in [7, 11) is 0. The minimum atomic E-state index is -0.324. The van der Waals surface area contributed by atoms with Crippen LogP contribution in [0.2, 0.25) is 0 Å². The minimum Gasteiger partial charge on any atom is -0.328 e. The number of fused-ring (bicyclic) bond motifs is 2. The predicted molar refractivity (Wildman–Crippen MR) is 105 cm³/mol. The van der Waals surface area contributed by atoms with Gasteiger partial charge in [0.05, 0.1) is 5.52 Å². The molecule has 2 aromatic heterocycles. The van der Waals surface area contributed by atoms with E-state index >= 15 is 0 Å². The van der Waals surface area contributed by atoms with Crippen molar-refractivity contribution in [1.29, 1.82) is 0 Å². The van der Waals surface area contributed by atoms with Crippen molar-refractivity contribution in [3.63, 3.8) is 0 Å². The van der Waals surface area contributed by atoms with Crippen LogP contribution < -0.4 is 0 Å². The van der Waals surface area contributed by atoms with Crippen LogP contribution in [0.3, 0.4) is 0 Å². The predicted octanol–water partition coefficient (Wildman–Crippen LogP) is 4.59. The van der Waals surface area contributed by atoms with Crippen LogP contribution in [0.5, 0.6) is 0 Å². The Hall–Kier alpha value is -3.60. The summed E-state index contributed by atoms with van der Waals surface area (Å²) in [6.45, 7) is 0.677. The van der Waals surface area contributed by atoms with E-state index < -0.39 is 0 Å². The normalized spacial score (nSPS) is 13.2. The number of hydrogen-bond donors (Lipinski definition) is 0. The zero-order chi connectivity index (χ0) is 19.1. The van der Waals surface area contributed by atoms with Crippen molar-refractivity contribution in [2.24, 2.45) is 0 Å². The monoisotopic (exact) mass is 369 g/mol. The number of nitrogens with zero attached hydrogens (tertiary/aromatic N) is 3. The van der Waals surface area contributed by atoms with Crippen LogP contribution >= 0.6 is 0 Å². The molecular weight excluding hydrogens is 353 g/mol. The second-order valence-electron chi connectivity index (χ2n) is 6.85. The molecule has 2 aromatic carbocycles. The maximum atomic E-state index is 14.9. The van der Waals surface area contributed by atoms with Gasteiger partial charge in [0, 0.05) is 42.0 Å². The Kier molecular flexibility index (Phi) is 3.86. The van der Waals surface area contributed by atoms with Gasteiger partial charge >= 0.3 is 0 Å². The molecule has 1 aliphatic heterocycles. The molecule has 5 rings (SSSR count). The molecule has 0 bridgehead atoms. The smallest absolute Gasteiger partial charge is 0.273 e. The highest BCUT2D eigenvalue weighted by molar-refractivity contribution is 5.96. The molecule has 0 atom stereocenters. The molecule has 0 radical (unpaired) electrons. The molecule has 1 aliphatic rings. The zero-order valence-corrected chi connectivity index (χ0v) is 15.0. The number of carbonyl (C=O) groups is 1. The first-order chi connectivity index (χ1) is 13.7. The number of pyridine rings is 2. The lowest BCUT2D eigenvalue weighted by molar-refractivity contribution is 0.0761. The van der Waals surface area contributed by atoms with Crippen LogP contribution in [-0.2, 0) is 13.1 Å². The summed E-state index contributed by atoms with van der Waals surface area (Å²) < 4.78 is 14.9. The largest absolute Gasteiger partial charge is 0.328 e. The zero-order valence-electron chi connectivity index (χ0n) is 15.0. The lowest BCUT2D eigenvalue weighted by Gasteiger charge is -2.16. The van der Waals surface area contributed by atoms with Crippen LogP contribution in [0.4, 0.5) is 4.39 Å². The van der Waals surface area contributed by atoms with E-state index in [0.717, 1.165) is 27.6 Å². The van der Waals surface area contributed by atoms with Crippen molar-refractivity contribution in [1.82, 2.24) is 14.9 Å². The maximum Gasteiger partial charge on any atom is 0.273 e. The highest BCUT2D eigenvalue weighted by Crippen LogP contribution is 2.30. The number of carbonyl (C=O) groups excluding carboxylic acids is 1. The number of benzene rings is 2. The first kappa shape index (κ1) is 16.6. The number of hydrogen-bond acceptors (Lipinski definition) is 3. The van der Waals surface area contributed by atoms with Gasteiger partial charge in [-0.25, -0.2) is 4.39 Å². The van der Waals surface area contributed by atoms with E-state index in [9.17, 15) is 9.18 Å². The molecule has 136 valence electrons. The van der Waals surface area contributed by atoms with E-state index in [1.807, 2.05) is 48.5 Å². The van der Waals surface area contributed by atoms with E-state index in [4.69, 9.17) is 0 Å². The summed E-state index contributed by atoms with van der Waals surface area (Å²) >= 11 is 0. The standard InChI is InChI=1S/C23H16FN3O/c24-20-12-15(18-5-1-7-21-19(18)6-3-10-25-21)8-9-16(20)13-27-14-17-4-2-11-26-22(17)23(27)28/h1-12H,13-14H2. The van der Waals surface area contributed by atoms with Gasteiger partial charge < -0.3 is 4.90 Å². The Labute approximate surface area is 161 Å². The van der Waals surface area contributed by atoms with Crippen molar-refractivity contribution in [2.45, 2.75) is 13.1 Å². The van der Waals surface area contributed by atoms with Crippen molar-refractivity contribution in [2.75, 3.05) is 0 Å². The molecule has 0 fully saturated rings. The fraction of sp³-hybridized carbons (Fsp3) is 0.0870. The summed E-state index contributed by atoms with van der Waals surface area (Å²) in [6, 6.07) is 18.6. The Morgan fingerprint density at radius 1 is 0.964 bits per heavy atom. The number of amides is 1. The summed E-state index contributed by atoms with van der Waals surface area (Å²) in [5, 5.41) is 0.980. The van der Waals surface area contributed by atoms with Gasteiger partial charge in [0.25, 0.3) is 5.91 Å². The number of rotatable bonds is 3. The molecule has 0 spiro atoms. The van der Waals surface area contributed by atoms with Crippen LogP contribution in [0.25, 0.3) is 22.0 Å². The van der Waals surface area contributed by atoms with Gasteiger partial charge in [-0.05, 0) is 35.4 Å². The SMILES string of the molecule is O=C1c2ncccc2CN1Cc1ccc(-c2cccc3ncccc23)cc1F. The first-order valence-corrected chi connectivity index (χ1v) is 9.06. The van der Waals surface area contributed by atoms with Gasteiger partial charge in [-0.15, -0.1) is 0 Å². The van der Waals surface area contributed by atoms with Crippen molar-refractivity contribution < 1.29 is 9.18 Å². The third kappa shape index (κ3) is 2.72. The van der Waals surface area contributed by atoms with E-state index in [2.05, 4.69) is 9.97 Å². The molecule has 4 nitrogen and oxygen atoms in total. The second kappa shape index (κ2) is 6.53. The summed E-state index contributed by atoms with van der Waals surface area (Å²) in [5.41, 5.74) is 4.43. The Bertz CT molecular complexity index is 1220. The summed E-state index contributed by atoms with van der Waals surface area (Å²) in [5.74, 6) is -0.477. The van der Waals surface area contributed by atoms with Gasteiger partial charge in [0.15, 0.2) is 0 Å². The first-order valence-electron chi connectivity index (χ1n) is 9.06. The van der Waals surface area contributed by atoms with Crippen molar-refractivity contribution in [3.05, 3.63) is 95.7 Å². The summed E-state index contributed by atoms with van der Waals surface area (Å²) in [6.07, 6.45) is 3.35. The molecule has 28 heavy (non-hydrogen) atoms. The highest BCUT2D eigenvalue weighted by Gasteiger charge is 2.28. The van der Waals surface area contributed by atoms with Gasteiger partial charge in [0.2, 0.25) is 0 Å². The van der Waals surface area contributed by atoms with Crippen LogP contribution in [-0.4, -0.2) is 20.8 Å².